The number of nitrogens with zero attached hydrogens (tertiary/aromatic N) is 1. The summed E-state index contributed by atoms with van der Waals surface area (Å²) in [6.07, 6.45) is 6.76. The maximum atomic E-state index is 11.9. The molecule has 1 aliphatic heterocycles. The normalized spacial score (nSPS) is 23.8. The van der Waals surface area contributed by atoms with E-state index in [0.29, 0.717) is 22.2 Å². The van der Waals surface area contributed by atoms with Crippen LogP contribution in [0.5, 0.6) is 5.75 Å². The Morgan fingerprint density at radius 1 is 1.10 bits per heavy atom. The van der Waals surface area contributed by atoms with Crippen molar-refractivity contribution in [1.29, 1.82) is 0 Å². The molecule has 0 spiro atoms. The molecule has 4 rings (SSSR count). The molecule has 0 atom stereocenters. The van der Waals surface area contributed by atoms with Crippen LogP contribution in [0.4, 0.5) is 4.79 Å². The number of amides is 1. The number of hydrogen-bond acceptors (Lipinski definition) is 5. The fourth-order valence-electron chi connectivity index (χ4n) is 4.51. The van der Waals surface area contributed by atoms with E-state index in [-0.39, 0.29) is 17.8 Å². The van der Waals surface area contributed by atoms with Crippen LogP contribution in [-0.4, -0.2) is 47.3 Å². The zero-order valence-corrected chi connectivity index (χ0v) is 17.0. The highest BCUT2D eigenvalue weighted by Crippen LogP contribution is 2.33. The summed E-state index contributed by atoms with van der Waals surface area (Å²) in [5, 5.41) is 1.85. The molecule has 1 aromatic carbocycles. The number of nitrogens with one attached hydrogen (secondary N) is 1. The van der Waals surface area contributed by atoms with Crippen LogP contribution in [0, 0.1) is 0 Å². The molecule has 0 unspecified atom stereocenters. The molecule has 2 aliphatic rings. The smallest absolute Gasteiger partial charge is 0.404 e. The van der Waals surface area contributed by atoms with Crippen molar-refractivity contribution in [3.05, 3.63) is 39.8 Å². The first kappa shape index (κ1) is 20.0. The Morgan fingerprint density at radius 2 is 1.83 bits per heavy atom. The zero-order valence-electron chi connectivity index (χ0n) is 16.2. The van der Waals surface area contributed by atoms with Crippen LogP contribution in [0.1, 0.15) is 38.5 Å². The number of fused-ring (bicyclic) bond motifs is 1. The minimum Gasteiger partial charge on any atom is -0.489 e. The Kier molecular flexibility index (Phi) is 5.96. The second-order valence-corrected chi connectivity index (χ2v) is 8.30. The third-order valence-corrected chi connectivity index (χ3v) is 6.33. The van der Waals surface area contributed by atoms with E-state index in [1.807, 2.05) is 12.1 Å². The predicted octanol–water partition coefficient (Wildman–Crippen LogP) is 3.43. The average Bonchev–Trinajstić information content (AvgIpc) is 2.70. The van der Waals surface area contributed by atoms with Crippen molar-refractivity contribution in [3.8, 4) is 5.75 Å². The van der Waals surface area contributed by atoms with Gasteiger partial charge in [-0.05, 0) is 62.1 Å². The van der Waals surface area contributed by atoms with Crippen LogP contribution in [0.3, 0.4) is 0 Å². The molecule has 156 valence electrons. The fraction of sp³-hybridized carbons (Fsp3) is 0.524. The number of H-pyrrole nitrogens is 1. The maximum Gasteiger partial charge on any atom is 0.404 e. The molecule has 1 amide bonds. The monoisotopic (exact) mass is 419 g/mol. The van der Waals surface area contributed by atoms with Gasteiger partial charge < -0.3 is 25.1 Å². The molecule has 29 heavy (non-hydrogen) atoms. The molecular weight excluding hydrogens is 394 g/mol. The number of nitrogens with two attached hydrogens (primary N) is 1. The number of likely N-dealkylation sites (tertiary alicyclic amines) is 1. The van der Waals surface area contributed by atoms with Crippen LogP contribution in [0.2, 0.25) is 5.02 Å². The van der Waals surface area contributed by atoms with Gasteiger partial charge in [-0.1, -0.05) is 11.6 Å². The first-order chi connectivity index (χ1) is 14.0. The number of aromatic nitrogens is 1. The number of pyridine rings is 1. The molecule has 1 aliphatic carbocycles. The van der Waals surface area contributed by atoms with E-state index in [4.69, 9.17) is 26.8 Å². The number of benzene rings is 1. The molecule has 0 radical (unpaired) electrons. The van der Waals surface area contributed by atoms with E-state index in [9.17, 15) is 9.59 Å². The van der Waals surface area contributed by atoms with Gasteiger partial charge in [0.1, 0.15) is 11.9 Å². The summed E-state index contributed by atoms with van der Waals surface area (Å²) in [5.41, 5.74) is 4.96. The Balaban J connectivity index is 1.32. The lowest BCUT2D eigenvalue weighted by molar-refractivity contribution is 0.0244. The van der Waals surface area contributed by atoms with Crippen LogP contribution in [0.25, 0.3) is 10.8 Å². The van der Waals surface area contributed by atoms with Crippen LogP contribution in [-0.2, 0) is 4.74 Å². The minimum absolute atomic E-state index is 0.0503. The molecule has 2 fully saturated rings. The molecule has 8 heteroatoms. The van der Waals surface area contributed by atoms with E-state index in [1.165, 1.54) is 0 Å². The van der Waals surface area contributed by atoms with E-state index in [2.05, 4.69) is 9.88 Å². The van der Waals surface area contributed by atoms with Gasteiger partial charge in [0.05, 0.1) is 11.1 Å². The summed E-state index contributed by atoms with van der Waals surface area (Å²) in [6.45, 7) is 1.86. The number of carbonyl (C=O) groups excluding carboxylic acids is 1. The largest absolute Gasteiger partial charge is 0.489 e. The van der Waals surface area contributed by atoms with E-state index in [1.54, 1.807) is 12.3 Å². The van der Waals surface area contributed by atoms with Gasteiger partial charge in [-0.3, -0.25) is 4.79 Å². The van der Waals surface area contributed by atoms with Gasteiger partial charge in [-0.15, -0.1) is 0 Å². The van der Waals surface area contributed by atoms with Gasteiger partial charge in [0, 0.05) is 30.7 Å². The number of piperidine rings is 1. The van der Waals surface area contributed by atoms with Crippen molar-refractivity contribution >= 4 is 28.5 Å². The average molecular weight is 420 g/mol. The van der Waals surface area contributed by atoms with Crippen molar-refractivity contribution in [2.24, 2.45) is 5.73 Å². The molecule has 0 bridgehead atoms. The van der Waals surface area contributed by atoms with Gasteiger partial charge in [-0.25, -0.2) is 4.79 Å². The highest BCUT2D eigenvalue weighted by Gasteiger charge is 2.30. The van der Waals surface area contributed by atoms with Gasteiger partial charge in [0.2, 0.25) is 0 Å². The lowest BCUT2D eigenvalue weighted by Gasteiger charge is -2.40. The third-order valence-electron chi connectivity index (χ3n) is 6.04. The fourth-order valence-corrected chi connectivity index (χ4v) is 4.72. The molecule has 2 heterocycles. The minimum atomic E-state index is -0.682. The Labute approximate surface area is 174 Å². The lowest BCUT2D eigenvalue weighted by Crippen LogP contribution is -2.46. The second-order valence-electron chi connectivity index (χ2n) is 7.90. The zero-order chi connectivity index (χ0) is 20.4. The van der Waals surface area contributed by atoms with Crippen molar-refractivity contribution in [2.75, 3.05) is 13.1 Å². The lowest BCUT2D eigenvalue weighted by atomic mass is 9.90. The highest BCUT2D eigenvalue weighted by atomic mass is 35.5. The molecule has 7 nitrogen and oxygen atoms in total. The molecular formula is C21H26ClN3O4. The summed E-state index contributed by atoms with van der Waals surface area (Å²) in [7, 11) is 0. The van der Waals surface area contributed by atoms with Gasteiger partial charge in [-0.2, -0.15) is 0 Å². The molecule has 1 saturated carbocycles. The topological polar surface area (TPSA) is 97.7 Å². The van der Waals surface area contributed by atoms with Crippen molar-refractivity contribution in [2.45, 2.75) is 56.8 Å². The first-order valence-electron chi connectivity index (χ1n) is 10.2. The quantitative estimate of drug-likeness (QED) is 0.791. The van der Waals surface area contributed by atoms with Crippen molar-refractivity contribution < 1.29 is 14.3 Å². The van der Waals surface area contributed by atoms with Gasteiger partial charge >= 0.3 is 6.09 Å². The summed E-state index contributed by atoms with van der Waals surface area (Å²) in [5.74, 6) is 0.637. The predicted molar refractivity (Wildman–Crippen MR) is 112 cm³/mol. The van der Waals surface area contributed by atoms with E-state index in [0.717, 1.165) is 57.0 Å². The van der Waals surface area contributed by atoms with Crippen LogP contribution >= 0.6 is 11.6 Å². The number of ether oxygens (including phenoxy) is 2. The Hall–Kier alpha value is -2.25. The Morgan fingerprint density at radius 3 is 2.52 bits per heavy atom. The number of rotatable bonds is 4. The van der Waals surface area contributed by atoms with Gasteiger partial charge in [0.15, 0.2) is 0 Å². The second kappa shape index (κ2) is 8.63. The number of primary amides is 1. The number of halogens is 1. The molecule has 1 saturated heterocycles. The first-order valence-corrected chi connectivity index (χ1v) is 10.5. The van der Waals surface area contributed by atoms with Crippen LogP contribution in [0.15, 0.2) is 29.2 Å². The summed E-state index contributed by atoms with van der Waals surface area (Å²) >= 11 is 6.36. The number of carbonyl (C=O) groups is 1. The number of aromatic amines is 1. The summed E-state index contributed by atoms with van der Waals surface area (Å²) in [6, 6.07) is 5.91. The van der Waals surface area contributed by atoms with E-state index >= 15 is 0 Å². The third kappa shape index (κ3) is 4.67. The summed E-state index contributed by atoms with van der Waals surface area (Å²) < 4.78 is 11.3. The van der Waals surface area contributed by atoms with Crippen LogP contribution < -0.4 is 16.0 Å². The van der Waals surface area contributed by atoms with Crippen molar-refractivity contribution in [1.82, 2.24) is 9.88 Å². The van der Waals surface area contributed by atoms with E-state index < -0.39 is 6.09 Å². The highest BCUT2D eigenvalue weighted by molar-refractivity contribution is 6.32. The summed E-state index contributed by atoms with van der Waals surface area (Å²) in [4.78, 5) is 27.9. The van der Waals surface area contributed by atoms with Gasteiger partial charge in [0.25, 0.3) is 5.56 Å². The van der Waals surface area contributed by atoms with Crippen molar-refractivity contribution in [3.63, 3.8) is 0 Å². The SMILES string of the molecule is NC(=O)OC1CCN(C2CCC(Oc3cc4cc[nH]c(=O)c4cc3Cl)CC2)CC1. The molecule has 1 aromatic heterocycles. The molecule has 2 aromatic rings. The number of hydrogen-bond donors (Lipinski definition) is 2. The standard InChI is InChI=1S/C21H26ClN3O4/c22-18-12-17-13(5-8-24-20(17)26)11-19(18)28-15-3-1-14(2-4-15)25-9-6-16(7-10-25)29-21(23)27/h5,8,11-12,14-16H,1-4,6-7,9-10H2,(H2,23,27)(H,24,26). The Bertz CT molecular complexity index is 931. The molecule has 3 N–H and O–H groups in total. The maximum absolute atomic E-state index is 11.9.